The number of benzene rings is 2. The number of carbonyl (C=O) groups excluding carboxylic acids is 2. The number of hydrogen-bond donors (Lipinski definition) is 1. The Morgan fingerprint density at radius 1 is 1.06 bits per heavy atom. The summed E-state index contributed by atoms with van der Waals surface area (Å²) in [5.41, 5.74) is 4.19. The minimum atomic E-state index is -0.282. The molecule has 0 radical (unpaired) electrons. The number of ether oxygens (including phenoxy) is 2. The molecule has 1 aliphatic heterocycles. The number of nitrogens with zero attached hydrogens (tertiary/aromatic N) is 2. The van der Waals surface area contributed by atoms with Gasteiger partial charge in [0.15, 0.2) is 11.5 Å². The standard InChI is InChI=1S/C26H29N3O5S/c1-16-13-20(26(31)29-9-11-35-12-10-29)5-7-22(16)27-25(30)19-6-8-23(24(14-19)32-4)33-15-21-17(2)28-34-18(21)3/h5-8,13-14H,9-12,15H2,1-4H3,(H,27,30). The number of aromatic nitrogens is 1. The second-order valence-corrected chi connectivity index (χ2v) is 9.57. The topological polar surface area (TPSA) is 93.9 Å². The van der Waals surface area contributed by atoms with Crippen molar-refractivity contribution in [1.82, 2.24) is 10.1 Å². The zero-order chi connectivity index (χ0) is 24.9. The summed E-state index contributed by atoms with van der Waals surface area (Å²) < 4.78 is 16.5. The van der Waals surface area contributed by atoms with Crippen molar-refractivity contribution in [2.75, 3.05) is 37.0 Å². The highest BCUT2D eigenvalue weighted by atomic mass is 32.2. The smallest absolute Gasteiger partial charge is 0.255 e. The van der Waals surface area contributed by atoms with Gasteiger partial charge in [0.25, 0.3) is 11.8 Å². The van der Waals surface area contributed by atoms with E-state index in [1.165, 1.54) is 7.11 Å². The minimum Gasteiger partial charge on any atom is -0.493 e. The molecular formula is C26H29N3O5S. The van der Waals surface area contributed by atoms with Gasteiger partial charge in [0.1, 0.15) is 12.4 Å². The van der Waals surface area contributed by atoms with Gasteiger partial charge in [-0.25, -0.2) is 0 Å². The number of methoxy groups -OCH3 is 1. The van der Waals surface area contributed by atoms with E-state index in [0.717, 1.165) is 41.4 Å². The first-order valence-electron chi connectivity index (χ1n) is 11.4. The van der Waals surface area contributed by atoms with Crippen LogP contribution in [0.25, 0.3) is 0 Å². The number of carbonyl (C=O) groups is 2. The lowest BCUT2D eigenvalue weighted by molar-refractivity contribution is 0.0772. The van der Waals surface area contributed by atoms with Gasteiger partial charge < -0.3 is 24.2 Å². The molecule has 9 heteroatoms. The van der Waals surface area contributed by atoms with Gasteiger partial charge >= 0.3 is 0 Å². The van der Waals surface area contributed by atoms with Crippen LogP contribution < -0.4 is 14.8 Å². The molecule has 4 rings (SSSR count). The lowest BCUT2D eigenvalue weighted by atomic mass is 10.1. The van der Waals surface area contributed by atoms with E-state index in [9.17, 15) is 9.59 Å². The average molecular weight is 496 g/mol. The maximum Gasteiger partial charge on any atom is 0.255 e. The maximum atomic E-state index is 12.9. The second-order valence-electron chi connectivity index (χ2n) is 8.35. The quantitative estimate of drug-likeness (QED) is 0.511. The van der Waals surface area contributed by atoms with Crippen molar-refractivity contribution >= 4 is 29.3 Å². The second kappa shape index (κ2) is 10.9. The van der Waals surface area contributed by atoms with E-state index in [1.54, 1.807) is 30.3 Å². The number of hydrogen-bond acceptors (Lipinski definition) is 7. The van der Waals surface area contributed by atoms with Gasteiger partial charge in [-0.1, -0.05) is 5.16 Å². The van der Waals surface area contributed by atoms with Crippen molar-refractivity contribution in [2.24, 2.45) is 0 Å². The fourth-order valence-corrected chi connectivity index (χ4v) is 4.77. The largest absolute Gasteiger partial charge is 0.493 e. The Labute approximate surface area is 209 Å². The summed E-state index contributed by atoms with van der Waals surface area (Å²) in [7, 11) is 1.53. The van der Waals surface area contributed by atoms with Gasteiger partial charge in [-0.2, -0.15) is 11.8 Å². The molecule has 184 valence electrons. The lowest BCUT2D eigenvalue weighted by Gasteiger charge is -2.26. The molecule has 35 heavy (non-hydrogen) atoms. The zero-order valence-corrected chi connectivity index (χ0v) is 21.2. The summed E-state index contributed by atoms with van der Waals surface area (Å²) in [4.78, 5) is 27.6. The molecular weight excluding hydrogens is 466 g/mol. The van der Waals surface area contributed by atoms with Crippen LogP contribution in [0.5, 0.6) is 11.5 Å². The molecule has 1 N–H and O–H groups in total. The molecule has 0 aliphatic carbocycles. The highest BCUT2D eigenvalue weighted by molar-refractivity contribution is 7.99. The fraction of sp³-hybridized carbons (Fsp3) is 0.346. The van der Waals surface area contributed by atoms with Crippen LogP contribution in [0, 0.1) is 20.8 Å². The number of aryl methyl sites for hydroxylation is 3. The third-order valence-corrected chi connectivity index (χ3v) is 6.94. The highest BCUT2D eigenvalue weighted by Crippen LogP contribution is 2.30. The van der Waals surface area contributed by atoms with Crippen molar-refractivity contribution in [3.8, 4) is 11.5 Å². The van der Waals surface area contributed by atoms with Gasteiger partial charge in [-0.05, 0) is 62.7 Å². The van der Waals surface area contributed by atoms with Crippen LogP contribution in [0.4, 0.5) is 5.69 Å². The Bertz CT molecular complexity index is 1210. The van der Waals surface area contributed by atoms with Crippen molar-refractivity contribution < 1.29 is 23.6 Å². The van der Waals surface area contributed by atoms with Crippen LogP contribution in [0.3, 0.4) is 0 Å². The first-order chi connectivity index (χ1) is 16.9. The summed E-state index contributed by atoms with van der Waals surface area (Å²) in [5, 5.41) is 6.86. The van der Waals surface area contributed by atoms with Crippen LogP contribution in [-0.2, 0) is 6.61 Å². The fourth-order valence-electron chi connectivity index (χ4n) is 3.87. The summed E-state index contributed by atoms with van der Waals surface area (Å²) in [6, 6.07) is 10.4. The number of amides is 2. The van der Waals surface area contributed by atoms with E-state index in [-0.39, 0.29) is 18.4 Å². The summed E-state index contributed by atoms with van der Waals surface area (Å²) in [6.45, 7) is 7.38. The van der Waals surface area contributed by atoms with Crippen molar-refractivity contribution in [3.63, 3.8) is 0 Å². The maximum absolute atomic E-state index is 12.9. The Morgan fingerprint density at radius 2 is 1.80 bits per heavy atom. The molecule has 3 aromatic rings. The monoisotopic (exact) mass is 495 g/mol. The summed E-state index contributed by atoms with van der Waals surface area (Å²) in [5.74, 6) is 3.34. The third-order valence-electron chi connectivity index (χ3n) is 6.00. The van der Waals surface area contributed by atoms with Crippen LogP contribution >= 0.6 is 11.8 Å². The molecule has 1 saturated heterocycles. The predicted octanol–water partition coefficient (Wildman–Crippen LogP) is 4.63. The first-order valence-corrected chi connectivity index (χ1v) is 12.5. The van der Waals surface area contributed by atoms with E-state index in [1.807, 2.05) is 43.5 Å². The third kappa shape index (κ3) is 5.62. The molecule has 0 bridgehead atoms. The molecule has 0 spiro atoms. The van der Waals surface area contributed by atoms with E-state index in [4.69, 9.17) is 14.0 Å². The van der Waals surface area contributed by atoms with E-state index in [0.29, 0.717) is 34.1 Å². The molecule has 0 atom stereocenters. The predicted molar refractivity (Wildman–Crippen MR) is 136 cm³/mol. The molecule has 1 aromatic heterocycles. The van der Waals surface area contributed by atoms with Gasteiger partial charge in [0.2, 0.25) is 0 Å². The number of rotatable bonds is 7. The van der Waals surface area contributed by atoms with Crippen molar-refractivity contribution in [3.05, 3.63) is 70.1 Å². The number of thioether (sulfide) groups is 1. The Kier molecular flexibility index (Phi) is 7.65. The molecule has 2 heterocycles. The van der Waals surface area contributed by atoms with Gasteiger partial charge in [0, 0.05) is 41.4 Å². The SMILES string of the molecule is COc1cc(C(=O)Nc2ccc(C(=O)N3CCSCC3)cc2C)ccc1OCc1c(C)noc1C. The van der Waals surface area contributed by atoms with E-state index < -0.39 is 0 Å². The Morgan fingerprint density at radius 3 is 2.46 bits per heavy atom. The molecule has 0 unspecified atom stereocenters. The highest BCUT2D eigenvalue weighted by Gasteiger charge is 2.20. The molecule has 2 amide bonds. The Balaban J connectivity index is 1.44. The van der Waals surface area contributed by atoms with E-state index >= 15 is 0 Å². The van der Waals surface area contributed by atoms with Crippen LogP contribution in [0.2, 0.25) is 0 Å². The Hall–Kier alpha value is -3.46. The van der Waals surface area contributed by atoms with Crippen LogP contribution in [0.15, 0.2) is 40.9 Å². The van der Waals surface area contributed by atoms with Crippen LogP contribution in [0.1, 0.15) is 43.3 Å². The molecule has 8 nitrogen and oxygen atoms in total. The van der Waals surface area contributed by atoms with Gasteiger partial charge in [-0.15, -0.1) is 0 Å². The van der Waals surface area contributed by atoms with Crippen LogP contribution in [-0.4, -0.2) is 53.6 Å². The summed E-state index contributed by atoms with van der Waals surface area (Å²) >= 11 is 1.86. The van der Waals surface area contributed by atoms with Crippen molar-refractivity contribution in [2.45, 2.75) is 27.4 Å². The first kappa shape index (κ1) is 24.7. The van der Waals surface area contributed by atoms with Crippen molar-refractivity contribution in [1.29, 1.82) is 0 Å². The number of nitrogens with one attached hydrogen (secondary N) is 1. The zero-order valence-electron chi connectivity index (χ0n) is 20.3. The van der Waals surface area contributed by atoms with E-state index in [2.05, 4.69) is 10.5 Å². The number of anilines is 1. The molecule has 0 saturated carbocycles. The van der Waals surface area contributed by atoms with Gasteiger partial charge in [0.05, 0.1) is 18.4 Å². The van der Waals surface area contributed by atoms with Gasteiger partial charge in [-0.3, -0.25) is 9.59 Å². The average Bonchev–Trinajstić information content (AvgIpc) is 3.20. The molecule has 1 fully saturated rings. The molecule has 2 aromatic carbocycles. The summed E-state index contributed by atoms with van der Waals surface area (Å²) in [6.07, 6.45) is 0. The lowest BCUT2D eigenvalue weighted by Crippen LogP contribution is -2.37. The normalized spacial score (nSPS) is 13.4. The minimum absolute atomic E-state index is 0.0307. The molecule has 1 aliphatic rings.